The van der Waals surface area contributed by atoms with E-state index in [0.717, 1.165) is 101 Å². The minimum atomic E-state index is 0.920. The van der Waals surface area contributed by atoms with Crippen LogP contribution >= 0.6 is 0 Å². The van der Waals surface area contributed by atoms with Crippen LogP contribution in [-0.4, -0.2) is 9.97 Å². The number of benzene rings is 10. The van der Waals surface area contributed by atoms with Gasteiger partial charge in [0.15, 0.2) is 0 Å². The van der Waals surface area contributed by atoms with Gasteiger partial charge in [-0.25, -0.2) is 9.97 Å². The highest BCUT2D eigenvalue weighted by molar-refractivity contribution is 5.84. The smallest absolute Gasteiger partial charge is 0.0715 e. The van der Waals surface area contributed by atoms with E-state index in [0.29, 0.717) is 0 Å². The van der Waals surface area contributed by atoms with Gasteiger partial charge in [-0.05, 0) is 158 Å². The van der Waals surface area contributed by atoms with E-state index >= 15 is 0 Å². The molecule has 0 saturated heterocycles. The Bertz CT molecular complexity index is 3910. The summed E-state index contributed by atoms with van der Waals surface area (Å²) in [4.78, 5) is 10.7. The summed E-state index contributed by atoms with van der Waals surface area (Å²) < 4.78 is 0. The Labute approximate surface area is 434 Å². The molecule has 0 aliphatic heterocycles. The number of hydrogen-bond acceptors (Lipinski definition) is 2. The van der Waals surface area contributed by atoms with Gasteiger partial charge in [-0.15, -0.1) is 0 Å². The molecule has 0 amide bonds. The lowest BCUT2D eigenvalue weighted by atomic mass is 9.93. The normalized spacial score (nSPS) is 11.1. The minimum Gasteiger partial charge on any atom is -0.248 e. The molecule has 2 nitrogen and oxygen atoms in total. The SMILES string of the molecule is Cc1ccc(C)c(-c2cccc(-c3cccc(-c4cccc(-c5cc(-c6ccccc6)cc(-c6cccc(-c7cccc(-c8cccc(-c9cc(-c%10ccccc%10)cc(-c%10ccccc%10)n9)c8)c7)c6)n5)c4)c3)c2)c1. The number of rotatable bonds is 11. The minimum absolute atomic E-state index is 0.920. The molecule has 0 fully saturated rings. The third-order valence-electron chi connectivity index (χ3n) is 14.0. The van der Waals surface area contributed by atoms with Crippen molar-refractivity contribution >= 4 is 0 Å². The molecule has 0 spiro atoms. The summed E-state index contributed by atoms with van der Waals surface area (Å²) in [5.41, 5.74) is 26.8. The van der Waals surface area contributed by atoms with Crippen molar-refractivity contribution in [1.29, 1.82) is 0 Å². The molecule has 2 heterocycles. The summed E-state index contributed by atoms with van der Waals surface area (Å²) in [6, 6.07) is 100. The van der Waals surface area contributed by atoms with Gasteiger partial charge < -0.3 is 0 Å². The fourth-order valence-corrected chi connectivity index (χ4v) is 10.1. The molecule has 350 valence electrons. The maximum atomic E-state index is 5.43. The Morgan fingerprint density at radius 1 is 0.189 bits per heavy atom. The first-order valence-corrected chi connectivity index (χ1v) is 25.4. The highest BCUT2D eigenvalue weighted by Crippen LogP contribution is 2.38. The molecular formula is C72H52N2. The summed E-state index contributed by atoms with van der Waals surface area (Å²) in [5.74, 6) is 0. The van der Waals surface area contributed by atoms with E-state index in [1.54, 1.807) is 0 Å². The van der Waals surface area contributed by atoms with E-state index in [2.05, 4.69) is 287 Å². The van der Waals surface area contributed by atoms with E-state index < -0.39 is 0 Å². The number of hydrogen-bond donors (Lipinski definition) is 0. The number of nitrogens with zero attached hydrogens (tertiary/aromatic N) is 2. The first-order valence-electron chi connectivity index (χ1n) is 25.4. The lowest BCUT2D eigenvalue weighted by Crippen LogP contribution is -1.92. The molecule has 0 atom stereocenters. The van der Waals surface area contributed by atoms with Gasteiger partial charge in [-0.2, -0.15) is 0 Å². The first kappa shape index (κ1) is 45.6. The molecule has 0 aliphatic carbocycles. The predicted molar refractivity (Wildman–Crippen MR) is 311 cm³/mol. The fraction of sp³-hybridized carbons (Fsp3) is 0.0278. The quantitative estimate of drug-likeness (QED) is 0.129. The van der Waals surface area contributed by atoms with Crippen LogP contribution in [-0.2, 0) is 0 Å². The van der Waals surface area contributed by atoms with Crippen LogP contribution < -0.4 is 0 Å². The van der Waals surface area contributed by atoms with Crippen LogP contribution in [0, 0.1) is 13.8 Å². The molecule has 0 unspecified atom stereocenters. The van der Waals surface area contributed by atoms with Gasteiger partial charge in [0.2, 0.25) is 0 Å². The van der Waals surface area contributed by atoms with Crippen molar-refractivity contribution in [3.05, 3.63) is 290 Å². The van der Waals surface area contributed by atoms with Crippen LogP contribution in [0.15, 0.2) is 279 Å². The van der Waals surface area contributed by atoms with Gasteiger partial charge in [-0.1, -0.05) is 224 Å². The zero-order chi connectivity index (χ0) is 49.8. The molecular weight excluding hydrogens is 893 g/mol. The topological polar surface area (TPSA) is 25.8 Å². The summed E-state index contributed by atoms with van der Waals surface area (Å²) in [6.07, 6.45) is 0. The van der Waals surface area contributed by atoms with Crippen LogP contribution in [0.1, 0.15) is 11.1 Å². The Hall–Kier alpha value is -9.50. The molecule has 10 aromatic carbocycles. The molecule has 0 radical (unpaired) electrons. The van der Waals surface area contributed by atoms with Gasteiger partial charge in [-0.3, -0.25) is 0 Å². The number of pyridine rings is 2. The third kappa shape index (κ3) is 9.78. The summed E-state index contributed by atoms with van der Waals surface area (Å²) >= 11 is 0. The Kier molecular flexibility index (Phi) is 12.5. The predicted octanol–water partition coefficient (Wildman–Crippen LogP) is 19.4. The van der Waals surface area contributed by atoms with Crippen molar-refractivity contribution in [1.82, 2.24) is 9.97 Å². The Morgan fingerprint density at radius 2 is 0.459 bits per heavy atom. The maximum Gasteiger partial charge on any atom is 0.0715 e. The van der Waals surface area contributed by atoms with E-state index in [-0.39, 0.29) is 0 Å². The lowest BCUT2D eigenvalue weighted by molar-refractivity contribution is 1.32. The lowest BCUT2D eigenvalue weighted by Gasteiger charge is -2.13. The van der Waals surface area contributed by atoms with Crippen LogP contribution in [0.2, 0.25) is 0 Å². The van der Waals surface area contributed by atoms with E-state index in [1.165, 1.54) is 33.4 Å². The molecule has 12 aromatic rings. The second kappa shape index (κ2) is 20.3. The van der Waals surface area contributed by atoms with Crippen LogP contribution in [0.5, 0.6) is 0 Å². The van der Waals surface area contributed by atoms with Gasteiger partial charge in [0, 0.05) is 22.3 Å². The summed E-state index contributed by atoms with van der Waals surface area (Å²) in [7, 11) is 0. The maximum absolute atomic E-state index is 5.43. The molecule has 0 saturated carbocycles. The highest BCUT2D eigenvalue weighted by Gasteiger charge is 2.15. The molecule has 0 bridgehead atoms. The Morgan fingerprint density at radius 3 is 0.824 bits per heavy atom. The fourth-order valence-electron chi connectivity index (χ4n) is 10.1. The molecule has 0 N–H and O–H groups in total. The van der Waals surface area contributed by atoms with Gasteiger partial charge in [0.25, 0.3) is 0 Å². The molecule has 74 heavy (non-hydrogen) atoms. The molecule has 0 aliphatic rings. The van der Waals surface area contributed by atoms with Crippen LogP contribution in [0.4, 0.5) is 0 Å². The summed E-state index contributed by atoms with van der Waals surface area (Å²) in [6.45, 7) is 4.35. The van der Waals surface area contributed by atoms with Crippen LogP contribution in [0.3, 0.4) is 0 Å². The van der Waals surface area contributed by atoms with Gasteiger partial charge >= 0.3 is 0 Å². The van der Waals surface area contributed by atoms with Gasteiger partial charge in [0.05, 0.1) is 22.8 Å². The zero-order valence-electron chi connectivity index (χ0n) is 41.5. The Balaban J connectivity index is 0.869. The molecule has 12 rings (SSSR count). The second-order valence-corrected chi connectivity index (χ2v) is 19.2. The van der Waals surface area contributed by atoms with Crippen molar-refractivity contribution < 1.29 is 0 Å². The van der Waals surface area contributed by atoms with Crippen molar-refractivity contribution in [3.63, 3.8) is 0 Å². The highest BCUT2D eigenvalue weighted by atomic mass is 14.7. The average Bonchev–Trinajstić information content (AvgIpc) is 3.48. The average molecular weight is 945 g/mol. The zero-order valence-corrected chi connectivity index (χ0v) is 41.5. The van der Waals surface area contributed by atoms with E-state index in [1.807, 2.05) is 6.07 Å². The molecule has 2 heteroatoms. The van der Waals surface area contributed by atoms with E-state index in [9.17, 15) is 0 Å². The monoisotopic (exact) mass is 944 g/mol. The van der Waals surface area contributed by atoms with Crippen LogP contribution in [0.25, 0.3) is 123 Å². The standard InChI is InChI=1S/C72H52N2/c1-49-36-37-50(2)68(38-49)62-32-14-28-58(41-62)54-24-12-25-55(39-54)60-30-16-34-64(43-60)71-47-67(52-20-8-4-9-21-52)48-72(74-71)65-35-17-31-61(44-65)57-27-13-26-56(40-57)59-29-15-33-63(42-59)70-46-66(51-18-6-3-7-19-51)45-69(73-70)53-22-10-5-11-23-53/h3-48H,1-2H3. The second-order valence-electron chi connectivity index (χ2n) is 19.2. The van der Waals surface area contributed by atoms with Crippen molar-refractivity contribution in [2.24, 2.45) is 0 Å². The first-order chi connectivity index (χ1) is 36.4. The number of aryl methyl sites for hydroxylation is 2. The number of aromatic nitrogens is 2. The third-order valence-corrected chi connectivity index (χ3v) is 14.0. The van der Waals surface area contributed by atoms with Crippen molar-refractivity contribution in [3.8, 4) is 123 Å². The van der Waals surface area contributed by atoms with Crippen molar-refractivity contribution in [2.75, 3.05) is 0 Å². The molecule has 2 aromatic heterocycles. The summed E-state index contributed by atoms with van der Waals surface area (Å²) in [5, 5.41) is 0. The van der Waals surface area contributed by atoms with Gasteiger partial charge in [0.1, 0.15) is 0 Å². The van der Waals surface area contributed by atoms with Crippen molar-refractivity contribution in [2.45, 2.75) is 13.8 Å². The largest absolute Gasteiger partial charge is 0.248 e. The van der Waals surface area contributed by atoms with E-state index in [4.69, 9.17) is 9.97 Å².